The number of rotatable bonds is 5. The Morgan fingerprint density at radius 1 is 1.14 bits per heavy atom. The van der Waals surface area contributed by atoms with E-state index in [4.69, 9.17) is 11.4 Å². The summed E-state index contributed by atoms with van der Waals surface area (Å²) in [6, 6.07) is 8.33. The van der Waals surface area contributed by atoms with Gasteiger partial charge in [0, 0.05) is 66.5 Å². The van der Waals surface area contributed by atoms with E-state index in [0.29, 0.717) is 5.56 Å². The molecule has 5 rings (SSSR count). The fraction of sp³-hybridized carbons (Fsp3) is 0.296. The van der Waals surface area contributed by atoms with Crippen LogP contribution in [0.25, 0.3) is 27.8 Å². The smallest absolute Gasteiger partial charge is 0.296 e. The van der Waals surface area contributed by atoms with Gasteiger partial charge in [-0.15, -0.1) is 6.42 Å². The van der Waals surface area contributed by atoms with Crippen molar-refractivity contribution in [1.29, 1.82) is 5.26 Å². The average molecular weight is 479 g/mol. The number of terminal acetylenes is 1. The van der Waals surface area contributed by atoms with E-state index >= 15 is 0 Å². The number of carbonyl (C=O) groups excluding carboxylic acids is 1. The Morgan fingerprint density at radius 2 is 1.94 bits per heavy atom. The molecule has 9 heteroatoms. The van der Waals surface area contributed by atoms with Gasteiger partial charge in [-0.25, -0.2) is 9.50 Å². The molecule has 9 nitrogen and oxygen atoms in total. The summed E-state index contributed by atoms with van der Waals surface area (Å²) in [4.78, 5) is 18.8. The van der Waals surface area contributed by atoms with Crippen LogP contribution in [0, 0.1) is 23.7 Å². The van der Waals surface area contributed by atoms with E-state index < -0.39 is 0 Å². The van der Waals surface area contributed by atoms with Crippen LogP contribution in [0.15, 0.2) is 49.2 Å². The van der Waals surface area contributed by atoms with Crippen molar-refractivity contribution >= 4 is 17.2 Å². The maximum atomic E-state index is 11.8. The molecule has 0 aromatic carbocycles. The number of carbonyl (C=O) groups is 1. The quantitative estimate of drug-likeness (QED) is 0.442. The number of pyridine rings is 2. The zero-order valence-electron chi connectivity index (χ0n) is 20.3. The van der Waals surface area contributed by atoms with Gasteiger partial charge >= 0.3 is 0 Å². The predicted molar refractivity (Wildman–Crippen MR) is 137 cm³/mol. The molecule has 1 amide bonds. The minimum Gasteiger partial charge on any atom is -0.356 e. The molecule has 0 spiro atoms. The summed E-state index contributed by atoms with van der Waals surface area (Å²) in [5.41, 5.74) is 4.67. The number of nitriles is 1. The molecule has 0 saturated carbocycles. The second-order valence-electron chi connectivity index (χ2n) is 9.13. The third-order valence-electron chi connectivity index (χ3n) is 7.06. The minimum atomic E-state index is -0.357. The summed E-state index contributed by atoms with van der Waals surface area (Å²) in [5, 5.41) is 21.4. The molecule has 0 unspecified atom stereocenters. The maximum absolute atomic E-state index is 11.8. The van der Waals surface area contributed by atoms with E-state index in [-0.39, 0.29) is 11.4 Å². The Morgan fingerprint density at radius 3 is 2.56 bits per heavy atom. The molecule has 1 saturated heterocycles. The van der Waals surface area contributed by atoms with Gasteiger partial charge in [0.15, 0.2) is 0 Å². The molecule has 1 fully saturated rings. The fourth-order valence-electron chi connectivity index (χ4n) is 4.89. The lowest BCUT2D eigenvalue weighted by Crippen LogP contribution is -2.55. The van der Waals surface area contributed by atoms with Crippen molar-refractivity contribution in [3.8, 4) is 40.7 Å². The molecular weight excluding hydrogens is 452 g/mol. The van der Waals surface area contributed by atoms with Gasteiger partial charge in [0.1, 0.15) is 11.9 Å². The van der Waals surface area contributed by atoms with Crippen LogP contribution in [0.2, 0.25) is 0 Å². The molecule has 180 valence electrons. The van der Waals surface area contributed by atoms with Crippen molar-refractivity contribution in [2.45, 2.75) is 31.7 Å². The maximum Gasteiger partial charge on any atom is 0.296 e. The number of aryl methyl sites for hydroxylation is 1. The summed E-state index contributed by atoms with van der Waals surface area (Å²) in [6.07, 6.45) is 16.8. The molecule has 0 radical (unpaired) electrons. The number of hydrogen-bond donors (Lipinski definition) is 1. The zero-order chi connectivity index (χ0) is 25.3. The molecule has 1 aliphatic heterocycles. The molecular formula is C27H26N8O. The highest BCUT2D eigenvalue weighted by atomic mass is 16.1. The second-order valence-corrected chi connectivity index (χ2v) is 9.13. The van der Waals surface area contributed by atoms with E-state index in [1.54, 1.807) is 21.6 Å². The monoisotopic (exact) mass is 478 g/mol. The van der Waals surface area contributed by atoms with Gasteiger partial charge in [-0.2, -0.15) is 15.5 Å². The van der Waals surface area contributed by atoms with Crippen molar-refractivity contribution < 1.29 is 4.79 Å². The fourth-order valence-corrected chi connectivity index (χ4v) is 4.89. The van der Waals surface area contributed by atoms with E-state index in [0.717, 1.165) is 65.9 Å². The van der Waals surface area contributed by atoms with E-state index in [1.807, 2.05) is 37.8 Å². The number of aromatic nitrogens is 5. The first-order valence-electron chi connectivity index (χ1n) is 11.9. The number of piperidine rings is 1. The first-order chi connectivity index (χ1) is 17.4. The average Bonchev–Trinajstić information content (AvgIpc) is 3.54. The summed E-state index contributed by atoms with van der Waals surface area (Å²) in [5.74, 6) is 2.68. The standard InChI is InChI=1S/C27H26N8O/c1-4-25(36)32-27(5-2)8-10-34(11-9-27)24-7-6-19(14-29-24)23-12-20(22-16-30-33(3)17-22)18-35-26(23)21(13-28)15-31-35/h1,6-7,12,14-18H,5,8-11H2,2-3H3,(H,32,36). The Balaban J connectivity index is 1.44. The second kappa shape index (κ2) is 9.20. The number of amides is 1. The van der Waals surface area contributed by atoms with E-state index in [9.17, 15) is 10.1 Å². The molecule has 4 aromatic heterocycles. The largest absolute Gasteiger partial charge is 0.356 e. The van der Waals surface area contributed by atoms with Crippen LogP contribution in [-0.2, 0) is 11.8 Å². The van der Waals surface area contributed by atoms with Crippen LogP contribution < -0.4 is 10.2 Å². The lowest BCUT2D eigenvalue weighted by atomic mass is 9.85. The Labute approximate surface area is 209 Å². The zero-order valence-corrected chi connectivity index (χ0v) is 20.3. The lowest BCUT2D eigenvalue weighted by molar-refractivity contribution is -0.117. The summed E-state index contributed by atoms with van der Waals surface area (Å²) >= 11 is 0. The molecule has 0 aliphatic carbocycles. The van der Waals surface area contributed by atoms with E-state index in [2.05, 4.69) is 45.4 Å². The number of nitrogens with one attached hydrogen (secondary N) is 1. The van der Waals surface area contributed by atoms with Gasteiger partial charge in [0.25, 0.3) is 5.91 Å². The van der Waals surface area contributed by atoms with Gasteiger partial charge in [0.05, 0.1) is 23.5 Å². The van der Waals surface area contributed by atoms with Gasteiger partial charge in [-0.05, 0) is 43.4 Å². The third kappa shape index (κ3) is 4.16. The third-order valence-corrected chi connectivity index (χ3v) is 7.06. The van der Waals surface area contributed by atoms with Crippen LogP contribution in [0.1, 0.15) is 31.7 Å². The summed E-state index contributed by atoms with van der Waals surface area (Å²) < 4.78 is 3.49. The van der Waals surface area contributed by atoms with Crippen molar-refractivity contribution in [3.63, 3.8) is 0 Å². The van der Waals surface area contributed by atoms with Crippen molar-refractivity contribution in [1.82, 2.24) is 29.7 Å². The predicted octanol–water partition coefficient (Wildman–Crippen LogP) is 3.17. The van der Waals surface area contributed by atoms with Crippen molar-refractivity contribution in [2.24, 2.45) is 7.05 Å². The molecule has 0 atom stereocenters. The van der Waals surface area contributed by atoms with Gasteiger partial charge in [-0.1, -0.05) is 6.92 Å². The van der Waals surface area contributed by atoms with Gasteiger partial charge < -0.3 is 10.2 Å². The highest BCUT2D eigenvalue weighted by Crippen LogP contribution is 2.33. The van der Waals surface area contributed by atoms with Crippen LogP contribution in [-0.4, -0.2) is 48.9 Å². The number of fused-ring (bicyclic) bond motifs is 1. The summed E-state index contributed by atoms with van der Waals surface area (Å²) in [6.45, 7) is 3.62. The molecule has 5 heterocycles. The Bertz CT molecular complexity index is 1510. The molecule has 1 N–H and O–H groups in total. The van der Waals surface area contributed by atoms with Crippen LogP contribution >= 0.6 is 0 Å². The SMILES string of the molecule is C#CC(=O)NC1(CC)CCN(c2ccc(-c3cc(-c4cnn(C)c4)cn4ncc(C#N)c34)cn2)CC1. The number of hydrogen-bond acceptors (Lipinski definition) is 6. The molecule has 0 bridgehead atoms. The molecule has 1 aliphatic rings. The first kappa shape index (κ1) is 23.1. The highest BCUT2D eigenvalue weighted by Gasteiger charge is 2.34. The Kier molecular flexibility index (Phi) is 5.91. The molecule has 4 aromatic rings. The highest BCUT2D eigenvalue weighted by molar-refractivity contribution is 5.93. The van der Waals surface area contributed by atoms with Gasteiger partial charge in [0.2, 0.25) is 0 Å². The van der Waals surface area contributed by atoms with Crippen LogP contribution in [0.5, 0.6) is 0 Å². The first-order valence-corrected chi connectivity index (χ1v) is 11.9. The topological polar surface area (TPSA) is 104 Å². The van der Waals surface area contributed by atoms with Crippen LogP contribution in [0.3, 0.4) is 0 Å². The Hall–Kier alpha value is -4.63. The van der Waals surface area contributed by atoms with E-state index in [1.165, 1.54) is 0 Å². The van der Waals surface area contributed by atoms with Gasteiger partial charge in [-0.3, -0.25) is 9.48 Å². The van der Waals surface area contributed by atoms with Crippen LogP contribution in [0.4, 0.5) is 5.82 Å². The number of nitrogens with zero attached hydrogens (tertiary/aromatic N) is 7. The number of anilines is 1. The normalized spacial score (nSPS) is 14.8. The van der Waals surface area contributed by atoms with Crippen molar-refractivity contribution in [2.75, 3.05) is 18.0 Å². The minimum absolute atomic E-state index is 0.270. The lowest BCUT2D eigenvalue weighted by Gasteiger charge is -2.42. The van der Waals surface area contributed by atoms with Crippen molar-refractivity contribution in [3.05, 3.63) is 54.7 Å². The molecule has 36 heavy (non-hydrogen) atoms. The summed E-state index contributed by atoms with van der Waals surface area (Å²) in [7, 11) is 1.88.